The van der Waals surface area contributed by atoms with Crippen LogP contribution in [0.3, 0.4) is 0 Å². The molecule has 0 spiro atoms. The Bertz CT molecular complexity index is 675. The van der Waals surface area contributed by atoms with Gasteiger partial charge < -0.3 is 10.4 Å². The Morgan fingerprint density at radius 2 is 2.21 bits per heavy atom. The van der Waals surface area contributed by atoms with Crippen LogP contribution in [0.5, 0.6) is 5.75 Å². The van der Waals surface area contributed by atoms with Crippen LogP contribution in [0, 0.1) is 18.3 Å². The van der Waals surface area contributed by atoms with Gasteiger partial charge in [-0.1, -0.05) is 6.07 Å². The zero-order chi connectivity index (χ0) is 13.8. The first-order chi connectivity index (χ1) is 9.11. The first kappa shape index (κ1) is 12.6. The van der Waals surface area contributed by atoms with Gasteiger partial charge in [0.25, 0.3) is 5.91 Å². The summed E-state index contributed by atoms with van der Waals surface area (Å²) in [5.41, 5.74) is 1.74. The minimum absolute atomic E-state index is 0.0516. The molecule has 1 aromatic carbocycles. The Balaban J connectivity index is 2.30. The fourth-order valence-electron chi connectivity index (χ4n) is 1.58. The van der Waals surface area contributed by atoms with Crippen molar-refractivity contribution in [3.8, 4) is 11.8 Å². The number of nitrogens with zero attached hydrogens (tertiary/aromatic N) is 2. The van der Waals surface area contributed by atoms with Gasteiger partial charge in [0.15, 0.2) is 5.69 Å². The second-order valence-corrected chi connectivity index (χ2v) is 3.97. The Hall–Kier alpha value is -2.87. The van der Waals surface area contributed by atoms with Crippen molar-refractivity contribution in [3.63, 3.8) is 0 Å². The molecule has 1 heterocycles. The molecule has 5 nitrogen and oxygen atoms in total. The number of benzene rings is 1. The van der Waals surface area contributed by atoms with E-state index in [1.165, 1.54) is 18.3 Å². The number of aryl methyl sites for hydroxylation is 1. The van der Waals surface area contributed by atoms with Crippen LogP contribution in [-0.2, 0) is 0 Å². The number of aromatic hydroxyl groups is 1. The van der Waals surface area contributed by atoms with Crippen molar-refractivity contribution in [1.29, 1.82) is 5.26 Å². The van der Waals surface area contributed by atoms with Crippen molar-refractivity contribution < 1.29 is 9.90 Å². The maximum atomic E-state index is 12.0. The van der Waals surface area contributed by atoms with Crippen molar-refractivity contribution in [2.24, 2.45) is 0 Å². The van der Waals surface area contributed by atoms with E-state index in [0.29, 0.717) is 11.3 Å². The molecule has 0 aliphatic carbocycles. The van der Waals surface area contributed by atoms with Gasteiger partial charge in [-0.2, -0.15) is 5.26 Å². The number of nitrogens with one attached hydrogen (secondary N) is 1. The molecule has 94 valence electrons. The lowest BCUT2D eigenvalue weighted by Crippen LogP contribution is -2.14. The second kappa shape index (κ2) is 5.19. The van der Waals surface area contributed by atoms with Crippen molar-refractivity contribution in [2.75, 3.05) is 5.32 Å². The minimum Gasteiger partial charge on any atom is -0.505 e. The monoisotopic (exact) mass is 253 g/mol. The van der Waals surface area contributed by atoms with Gasteiger partial charge in [0.05, 0.1) is 11.6 Å². The first-order valence-corrected chi connectivity index (χ1v) is 5.58. The molecule has 1 aromatic heterocycles. The number of nitriles is 1. The molecule has 0 saturated heterocycles. The highest BCUT2D eigenvalue weighted by Crippen LogP contribution is 2.19. The van der Waals surface area contributed by atoms with Crippen molar-refractivity contribution in [1.82, 2.24) is 4.98 Å². The van der Waals surface area contributed by atoms with E-state index in [2.05, 4.69) is 10.3 Å². The average Bonchev–Trinajstić information content (AvgIpc) is 2.41. The number of pyridine rings is 1. The highest BCUT2D eigenvalue weighted by Gasteiger charge is 2.13. The fraction of sp³-hybridized carbons (Fsp3) is 0.0714. The molecule has 0 unspecified atom stereocenters. The number of aromatic nitrogens is 1. The van der Waals surface area contributed by atoms with Gasteiger partial charge in [-0.15, -0.1) is 0 Å². The van der Waals surface area contributed by atoms with Gasteiger partial charge in [-0.3, -0.25) is 4.79 Å². The summed E-state index contributed by atoms with van der Waals surface area (Å²) in [4.78, 5) is 15.8. The third-order valence-electron chi connectivity index (χ3n) is 2.62. The van der Waals surface area contributed by atoms with E-state index in [9.17, 15) is 9.90 Å². The minimum atomic E-state index is -0.517. The summed E-state index contributed by atoms with van der Waals surface area (Å²) in [6.45, 7) is 1.81. The highest BCUT2D eigenvalue weighted by atomic mass is 16.3. The number of amides is 1. The van der Waals surface area contributed by atoms with Gasteiger partial charge in [0, 0.05) is 11.9 Å². The summed E-state index contributed by atoms with van der Waals surface area (Å²) in [6.07, 6.45) is 1.42. The quantitative estimate of drug-likeness (QED) is 0.859. The summed E-state index contributed by atoms with van der Waals surface area (Å²) < 4.78 is 0. The number of carbonyl (C=O) groups excluding carboxylic acids is 1. The molecule has 0 aliphatic heterocycles. The van der Waals surface area contributed by atoms with E-state index in [-0.39, 0.29) is 11.4 Å². The van der Waals surface area contributed by atoms with E-state index >= 15 is 0 Å². The SMILES string of the molecule is Cc1ccc(C#N)cc1NC(=O)c1ncccc1O. The molecule has 0 saturated carbocycles. The number of anilines is 1. The summed E-state index contributed by atoms with van der Waals surface area (Å²) in [5, 5.41) is 21.0. The Morgan fingerprint density at radius 3 is 2.89 bits per heavy atom. The first-order valence-electron chi connectivity index (χ1n) is 5.58. The van der Waals surface area contributed by atoms with E-state index in [1.807, 2.05) is 13.0 Å². The lowest BCUT2D eigenvalue weighted by atomic mass is 10.1. The predicted octanol–water partition coefficient (Wildman–Crippen LogP) is 2.22. The fourth-order valence-corrected chi connectivity index (χ4v) is 1.58. The van der Waals surface area contributed by atoms with Crippen LogP contribution in [0.4, 0.5) is 5.69 Å². The van der Waals surface area contributed by atoms with Gasteiger partial charge >= 0.3 is 0 Å². The third-order valence-corrected chi connectivity index (χ3v) is 2.62. The third kappa shape index (κ3) is 2.69. The molecule has 0 radical (unpaired) electrons. The van der Waals surface area contributed by atoms with Crippen molar-refractivity contribution in [2.45, 2.75) is 6.92 Å². The maximum absolute atomic E-state index is 12.0. The molecular weight excluding hydrogens is 242 g/mol. The smallest absolute Gasteiger partial charge is 0.278 e. The standard InChI is InChI=1S/C14H11N3O2/c1-9-4-5-10(8-15)7-11(9)17-14(19)13-12(18)3-2-6-16-13/h2-7,18H,1H3,(H,17,19). The molecule has 0 fully saturated rings. The van der Waals surface area contributed by atoms with Gasteiger partial charge in [-0.05, 0) is 36.8 Å². The van der Waals surface area contributed by atoms with Crippen LogP contribution in [0.2, 0.25) is 0 Å². The Kier molecular flexibility index (Phi) is 3.44. The summed E-state index contributed by atoms with van der Waals surface area (Å²) >= 11 is 0. The summed E-state index contributed by atoms with van der Waals surface area (Å²) in [5.74, 6) is -0.703. The number of hydrogen-bond acceptors (Lipinski definition) is 4. The lowest BCUT2D eigenvalue weighted by molar-refractivity contribution is 0.101. The maximum Gasteiger partial charge on any atom is 0.278 e. The van der Waals surface area contributed by atoms with E-state index < -0.39 is 5.91 Å². The highest BCUT2D eigenvalue weighted by molar-refractivity contribution is 6.05. The van der Waals surface area contributed by atoms with E-state index in [4.69, 9.17) is 5.26 Å². The predicted molar refractivity (Wildman–Crippen MR) is 69.7 cm³/mol. The molecule has 19 heavy (non-hydrogen) atoms. The molecule has 0 atom stereocenters. The molecule has 0 bridgehead atoms. The zero-order valence-electron chi connectivity index (χ0n) is 10.2. The van der Waals surface area contributed by atoms with Gasteiger partial charge in [-0.25, -0.2) is 4.98 Å². The van der Waals surface area contributed by atoms with Crippen molar-refractivity contribution in [3.05, 3.63) is 53.3 Å². The summed E-state index contributed by atoms with van der Waals surface area (Å²) in [7, 11) is 0. The van der Waals surface area contributed by atoms with Crippen LogP contribution < -0.4 is 5.32 Å². The van der Waals surface area contributed by atoms with Crippen LogP contribution >= 0.6 is 0 Å². The molecule has 0 aliphatic rings. The van der Waals surface area contributed by atoms with Crippen LogP contribution in [0.15, 0.2) is 36.5 Å². The van der Waals surface area contributed by atoms with Gasteiger partial charge in [0.1, 0.15) is 5.75 Å². The topological polar surface area (TPSA) is 86.0 Å². The largest absolute Gasteiger partial charge is 0.505 e. The second-order valence-electron chi connectivity index (χ2n) is 3.97. The van der Waals surface area contributed by atoms with Gasteiger partial charge in [0.2, 0.25) is 0 Å². The number of carbonyl (C=O) groups is 1. The average molecular weight is 253 g/mol. The molecule has 2 N–H and O–H groups in total. The Labute approximate surface area is 110 Å². The zero-order valence-corrected chi connectivity index (χ0v) is 10.2. The molecule has 1 amide bonds. The van der Waals surface area contributed by atoms with Crippen molar-refractivity contribution >= 4 is 11.6 Å². The van der Waals surface area contributed by atoms with Crippen LogP contribution in [-0.4, -0.2) is 16.0 Å². The molecular formula is C14H11N3O2. The van der Waals surface area contributed by atoms with Crippen LogP contribution in [0.1, 0.15) is 21.6 Å². The summed E-state index contributed by atoms with van der Waals surface area (Å²) in [6, 6.07) is 9.92. The molecule has 5 heteroatoms. The lowest BCUT2D eigenvalue weighted by Gasteiger charge is -2.08. The van der Waals surface area contributed by atoms with Crippen LogP contribution in [0.25, 0.3) is 0 Å². The molecule has 2 aromatic rings. The normalized spacial score (nSPS) is 9.68. The Morgan fingerprint density at radius 1 is 1.42 bits per heavy atom. The number of rotatable bonds is 2. The molecule has 2 rings (SSSR count). The van der Waals surface area contributed by atoms with E-state index in [0.717, 1.165) is 5.56 Å². The van der Waals surface area contributed by atoms with E-state index in [1.54, 1.807) is 18.2 Å². The number of hydrogen-bond donors (Lipinski definition) is 2.